The molecular weight excluding hydrogens is 188 g/mol. The average Bonchev–Trinajstić information content (AvgIpc) is 2.31. The van der Waals surface area contributed by atoms with E-state index in [1.165, 1.54) is 19.3 Å². The van der Waals surface area contributed by atoms with Crippen LogP contribution in [-0.4, -0.2) is 17.3 Å². The van der Waals surface area contributed by atoms with Crippen molar-refractivity contribution in [3.8, 4) is 0 Å². The molecule has 15 heavy (non-hydrogen) atoms. The normalized spacial score (nSPS) is 27.7. The molecule has 2 nitrogen and oxygen atoms in total. The third-order valence-electron chi connectivity index (χ3n) is 3.83. The molecule has 2 heteroatoms. The lowest BCUT2D eigenvalue weighted by Gasteiger charge is -2.38. The van der Waals surface area contributed by atoms with Crippen molar-refractivity contribution in [1.29, 1.82) is 0 Å². The summed E-state index contributed by atoms with van der Waals surface area (Å²) >= 11 is 0. The number of rotatable bonds is 2. The molecule has 1 aliphatic carbocycles. The minimum Gasteiger partial charge on any atom is -0.495 e. The molecule has 1 heterocycles. The van der Waals surface area contributed by atoms with Crippen LogP contribution in [0.15, 0.2) is 11.8 Å². The Bertz CT molecular complexity index is 237. The summed E-state index contributed by atoms with van der Waals surface area (Å²) in [7, 11) is 0. The van der Waals surface area contributed by atoms with Gasteiger partial charge in [0.15, 0.2) is 0 Å². The Morgan fingerprint density at radius 2 is 2.00 bits per heavy atom. The minimum atomic E-state index is -0.721. The topological polar surface area (TPSA) is 29.5 Å². The Morgan fingerprint density at radius 1 is 1.27 bits per heavy atom. The summed E-state index contributed by atoms with van der Waals surface area (Å²) in [6, 6.07) is 0. The Balaban J connectivity index is 2.06. The molecule has 2 aliphatic rings. The molecule has 0 aromatic carbocycles. The summed E-state index contributed by atoms with van der Waals surface area (Å²) in [6.07, 6.45) is 10.4. The number of aliphatic hydroxyl groups is 1. The fourth-order valence-corrected chi connectivity index (χ4v) is 2.78. The molecule has 0 aromatic heterocycles. The maximum absolute atomic E-state index is 10.6. The first-order valence-corrected chi connectivity index (χ1v) is 6.27. The summed E-state index contributed by atoms with van der Waals surface area (Å²) in [6.45, 7) is 2.70. The second-order valence-corrected chi connectivity index (χ2v) is 5.04. The fourth-order valence-electron chi connectivity index (χ4n) is 2.78. The van der Waals surface area contributed by atoms with Crippen molar-refractivity contribution in [3.63, 3.8) is 0 Å². The van der Waals surface area contributed by atoms with Gasteiger partial charge in [-0.15, -0.1) is 0 Å². The van der Waals surface area contributed by atoms with E-state index >= 15 is 0 Å². The zero-order valence-electron chi connectivity index (χ0n) is 9.67. The van der Waals surface area contributed by atoms with Gasteiger partial charge in [0, 0.05) is 0 Å². The van der Waals surface area contributed by atoms with E-state index in [-0.39, 0.29) is 0 Å². The predicted octanol–water partition coefficient (Wildman–Crippen LogP) is 3.01. The number of hydrogen-bond donors (Lipinski definition) is 1. The highest BCUT2D eigenvalue weighted by Crippen LogP contribution is 2.38. The van der Waals surface area contributed by atoms with Gasteiger partial charge in [-0.3, -0.25) is 0 Å². The number of allylic oxidation sites excluding steroid dienone is 1. The van der Waals surface area contributed by atoms with Crippen LogP contribution in [0.1, 0.15) is 51.9 Å². The van der Waals surface area contributed by atoms with E-state index in [2.05, 4.69) is 6.08 Å². The van der Waals surface area contributed by atoms with Gasteiger partial charge in [0.05, 0.1) is 6.61 Å². The first kappa shape index (κ1) is 11.0. The van der Waals surface area contributed by atoms with E-state index in [0.29, 0.717) is 5.92 Å². The van der Waals surface area contributed by atoms with Gasteiger partial charge in [0.1, 0.15) is 11.4 Å². The smallest absolute Gasteiger partial charge is 0.124 e. The average molecular weight is 210 g/mol. The SMILES string of the molecule is CC(O)(C1=CCCCO1)C1CCCCC1. The molecule has 1 saturated carbocycles. The maximum atomic E-state index is 10.6. The Kier molecular flexibility index (Phi) is 3.35. The lowest BCUT2D eigenvalue weighted by molar-refractivity contribution is -0.0372. The van der Waals surface area contributed by atoms with E-state index in [9.17, 15) is 5.11 Å². The van der Waals surface area contributed by atoms with Gasteiger partial charge in [-0.2, -0.15) is 0 Å². The molecule has 1 atom stereocenters. The van der Waals surface area contributed by atoms with E-state index in [0.717, 1.165) is 38.0 Å². The summed E-state index contributed by atoms with van der Waals surface area (Å²) in [5.41, 5.74) is -0.721. The molecule has 1 N–H and O–H groups in total. The highest BCUT2D eigenvalue weighted by Gasteiger charge is 2.37. The van der Waals surface area contributed by atoms with Crippen LogP contribution in [0.5, 0.6) is 0 Å². The standard InChI is InChI=1S/C13H22O2/c1-13(14,11-7-3-2-4-8-11)12-9-5-6-10-15-12/h9,11,14H,2-8,10H2,1H3. The van der Waals surface area contributed by atoms with Crippen molar-refractivity contribution in [3.05, 3.63) is 11.8 Å². The monoisotopic (exact) mass is 210 g/mol. The molecule has 86 valence electrons. The second-order valence-electron chi connectivity index (χ2n) is 5.04. The van der Waals surface area contributed by atoms with Gasteiger partial charge in [0.2, 0.25) is 0 Å². The zero-order valence-corrected chi connectivity index (χ0v) is 9.67. The van der Waals surface area contributed by atoms with Crippen LogP contribution in [0, 0.1) is 5.92 Å². The van der Waals surface area contributed by atoms with Gasteiger partial charge in [0.25, 0.3) is 0 Å². The van der Waals surface area contributed by atoms with Crippen LogP contribution in [0.25, 0.3) is 0 Å². The molecule has 1 fully saturated rings. The van der Waals surface area contributed by atoms with Gasteiger partial charge in [-0.25, -0.2) is 0 Å². The largest absolute Gasteiger partial charge is 0.495 e. The second kappa shape index (κ2) is 4.56. The first-order chi connectivity index (χ1) is 7.21. The summed E-state index contributed by atoms with van der Waals surface area (Å²) < 4.78 is 5.61. The maximum Gasteiger partial charge on any atom is 0.124 e. The van der Waals surface area contributed by atoms with Gasteiger partial charge in [-0.05, 0) is 44.6 Å². The predicted molar refractivity (Wildman–Crippen MR) is 60.5 cm³/mol. The fraction of sp³-hybridized carbons (Fsp3) is 0.846. The Morgan fingerprint density at radius 3 is 2.60 bits per heavy atom. The molecule has 2 rings (SSSR count). The van der Waals surface area contributed by atoms with Crippen molar-refractivity contribution < 1.29 is 9.84 Å². The molecule has 1 aliphatic heterocycles. The van der Waals surface area contributed by atoms with Crippen molar-refractivity contribution in [2.75, 3.05) is 6.61 Å². The van der Waals surface area contributed by atoms with Crippen LogP contribution >= 0.6 is 0 Å². The Labute approximate surface area is 92.3 Å². The lowest BCUT2D eigenvalue weighted by atomic mass is 9.76. The summed E-state index contributed by atoms with van der Waals surface area (Å²) in [4.78, 5) is 0. The van der Waals surface area contributed by atoms with E-state index < -0.39 is 5.60 Å². The van der Waals surface area contributed by atoms with Crippen molar-refractivity contribution in [2.24, 2.45) is 5.92 Å². The molecule has 1 unspecified atom stereocenters. The van der Waals surface area contributed by atoms with Crippen molar-refractivity contribution in [2.45, 2.75) is 57.5 Å². The van der Waals surface area contributed by atoms with Crippen molar-refractivity contribution >= 4 is 0 Å². The third-order valence-corrected chi connectivity index (χ3v) is 3.83. The zero-order chi connectivity index (χ0) is 10.7. The van der Waals surface area contributed by atoms with Crippen molar-refractivity contribution in [1.82, 2.24) is 0 Å². The van der Waals surface area contributed by atoms with E-state index in [4.69, 9.17) is 4.74 Å². The molecular formula is C13H22O2. The van der Waals surface area contributed by atoms with Crippen LogP contribution in [0.2, 0.25) is 0 Å². The highest BCUT2D eigenvalue weighted by molar-refractivity contribution is 5.12. The minimum absolute atomic E-state index is 0.399. The molecule has 0 amide bonds. The molecule has 0 saturated heterocycles. The number of ether oxygens (including phenoxy) is 1. The van der Waals surface area contributed by atoms with Crippen LogP contribution in [0.3, 0.4) is 0 Å². The van der Waals surface area contributed by atoms with Crippen LogP contribution in [0.4, 0.5) is 0 Å². The summed E-state index contributed by atoms with van der Waals surface area (Å²) in [5.74, 6) is 1.23. The third kappa shape index (κ3) is 2.36. The highest BCUT2D eigenvalue weighted by atomic mass is 16.5. The molecule has 0 bridgehead atoms. The van der Waals surface area contributed by atoms with Gasteiger partial charge >= 0.3 is 0 Å². The van der Waals surface area contributed by atoms with Crippen LogP contribution < -0.4 is 0 Å². The van der Waals surface area contributed by atoms with Crippen LogP contribution in [-0.2, 0) is 4.74 Å². The summed E-state index contributed by atoms with van der Waals surface area (Å²) in [5, 5.41) is 10.6. The van der Waals surface area contributed by atoms with E-state index in [1.807, 2.05) is 6.92 Å². The number of hydrogen-bond acceptors (Lipinski definition) is 2. The van der Waals surface area contributed by atoms with E-state index in [1.54, 1.807) is 0 Å². The first-order valence-electron chi connectivity index (χ1n) is 6.27. The quantitative estimate of drug-likeness (QED) is 0.759. The molecule has 0 spiro atoms. The van der Waals surface area contributed by atoms with Gasteiger partial charge < -0.3 is 9.84 Å². The lowest BCUT2D eigenvalue weighted by Crippen LogP contribution is -2.39. The Hall–Kier alpha value is -0.500. The van der Waals surface area contributed by atoms with Gasteiger partial charge in [-0.1, -0.05) is 19.3 Å². The molecule has 0 aromatic rings. The molecule has 0 radical (unpaired) electrons.